The van der Waals surface area contributed by atoms with Crippen molar-refractivity contribution in [3.63, 3.8) is 0 Å². The van der Waals surface area contributed by atoms with Crippen LogP contribution in [0.25, 0.3) is 15.9 Å². The van der Waals surface area contributed by atoms with Gasteiger partial charge in [0.15, 0.2) is 0 Å². The van der Waals surface area contributed by atoms with E-state index >= 15 is 0 Å². The number of carbonyl (C=O) groups is 5. The third kappa shape index (κ3) is 9.74. The third-order valence-corrected chi connectivity index (χ3v) is 11.9. The lowest BCUT2D eigenvalue weighted by Gasteiger charge is -2.36. The van der Waals surface area contributed by atoms with E-state index in [-0.39, 0.29) is 37.8 Å². The second-order valence-corrected chi connectivity index (χ2v) is 17.6. The van der Waals surface area contributed by atoms with Gasteiger partial charge in [0.05, 0.1) is 35.0 Å². The average Bonchev–Trinajstić information content (AvgIpc) is 3.88. The minimum atomic E-state index is -1.13. The molecule has 2 aliphatic heterocycles. The van der Waals surface area contributed by atoms with Crippen molar-refractivity contribution < 1.29 is 28.8 Å². The minimum Gasteiger partial charge on any atom is -0.344 e. The van der Waals surface area contributed by atoms with Crippen LogP contribution in [0.4, 0.5) is 0 Å². The number of amides is 4. The van der Waals surface area contributed by atoms with Crippen LogP contribution >= 0.6 is 22.9 Å². The summed E-state index contributed by atoms with van der Waals surface area (Å²) in [6.45, 7) is 7.56. The number of Topliss-reactive ketones (excluding diaryl/α,β-unsaturated/α-hetero) is 1. The predicted molar refractivity (Wildman–Crippen MR) is 212 cm³/mol. The Balaban J connectivity index is 1.22. The van der Waals surface area contributed by atoms with Gasteiger partial charge in [0, 0.05) is 23.4 Å². The molecule has 4 N–H and O–H groups in total. The van der Waals surface area contributed by atoms with E-state index < -0.39 is 52.6 Å². The van der Waals surface area contributed by atoms with Gasteiger partial charge < -0.3 is 20.9 Å². The van der Waals surface area contributed by atoms with E-state index in [1.54, 1.807) is 12.1 Å². The van der Waals surface area contributed by atoms with Gasteiger partial charge >= 0.3 is 0 Å². The highest BCUT2D eigenvalue weighted by Crippen LogP contribution is 2.39. The monoisotopic (exact) mass is 790 g/mol. The van der Waals surface area contributed by atoms with E-state index in [9.17, 15) is 24.0 Å². The molecule has 2 fully saturated rings. The summed E-state index contributed by atoms with van der Waals surface area (Å²) in [5.41, 5.74) is 3.37. The Morgan fingerprint density at radius 3 is 2.53 bits per heavy atom. The predicted octanol–water partition coefficient (Wildman–Crippen LogP) is 5.84. The number of halogens is 1. The summed E-state index contributed by atoms with van der Waals surface area (Å²) < 4.78 is 0.969. The number of para-hydroxylation sites is 1. The van der Waals surface area contributed by atoms with Crippen LogP contribution in [0.2, 0.25) is 5.02 Å². The number of rotatable bonds is 13. The molecule has 1 saturated carbocycles. The number of thiazole rings is 1. The van der Waals surface area contributed by atoms with Gasteiger partial charge in [0.2, 0.25) is 23.5 Å². The topological polar surface area (TPSA) is 159 Å². The van der Waals surface area contributed by atoms with Crippen molar-refractivity contribution in [1.82, 2.24) is 31.3 Å². The van der Waals surface area contributed by atoms with E-state index in [2.05, 4.69) is 26.4 Å². The summed E-state index contributed by atoms with van der Waals surface area (Å²) in [6.07, 6.45) is 8.31. The standard InChI is InChI=1S/C41H51ClN6O6S/c1-5-12-29(35(50)38(52)43-23-34-44-28-17-9-10-18-32(28)55-34)45-37(51)31-22-41(21-30(47-54-41)26-15-11-16-27(42)20-26)24-48(31)39(53)36(40(2,3)4)46-33(49)19-25-13-7-6-8-14-25/h9-11,15-18,20-21,25,29,31,36,47H,5-8,12-14,19,22-24H2,1-4H3,(H,43,52)(H,45,51)(H,46,49)/t29-,31-,36+,41+/m0/s1. The molecule has 55 heavy (non-hydrogen) atoms. The zero-order valence-electron chi connectivity index (χ0n) is 31.9. The zero-order chi connectivity index (χ0) is 39.3. The number of hydrogen-bond donors (Lipinski definition) is 4. The fourth-order valence-corrected chi connectivity index (χ4v) is 8.83. The molecule has 3 aromatic rings. The smallest absolute Gasteiger partial charge is 0.289 e. The quantitative estimate of drug-likeness (QED) is 0.157. The first-order valence-corrected chi connectivity index (χ1v) is 20.4. The second kappa shape index (κ2) is 17.2. The molecule has 0 bridgehead atoms. The highest BCUT2D eigenvalue weighted by Gasteiger charge is 2.54. The summed E-state index contributed by atoms with van der Waals surface area (Å²) >= 11 is 7.70. The van der Waals surface area contributed by atoms with Crippen LogP contribution in [0.15, 0.2) is 54.6 Å². The van der Waals surface area contributed by atoms with Gasteiger partial charge in [0.25, 0.3) is 5.91 Å². The van der Waals surface area contributed by atoms with Crippen molar-refractivity contribution in [3.05, 3.63) is 70.2 Å². The number of fused-ring (bicyclic) bond motifs is 1. The van der Waals surface area contributed by atoms with Crippen molar-refractivity contribution >= 4 is 68.3 Å². The molecule has 1 spiro atoms. The first kappa shape index (κ1) is 40.3. The number of ketones is 1. The molecule has 0 unspecified atom stereocenters. The SMILES string of the molecule is CCC[C@H](NC(=O)[C@@H]1C[C@]2(C=C(c3cccc(Cl)c3)NO2)CN1C(=O)[C@@H](NC(=O)CC1CCCCC1)C(C)(C)C)C(=O)C(=O)NCc1nc2ccccc2s1. The van der Waals surface area contributed by atoms with Gasteiger partial charge in [-0.3, -0.25) is 34.3 Å². The Morgan fingerprint density at radius 2 is 1.82 bits per heavy atom. The molecule has 3 aliphatic rings. The molecule has 294 valence electrons. The number of aromatic nitrogens is 1. The summed E-state index contributed by atoms with van der Waals surface area (Å²) in [6, 6.07) is 11.7. The van der Waals surface area contributed by atoms with Gasteiger partial charge in [-0.15, -0.1) is 11.3 Å². The maximum Gasteiger partial charge on any atom is 0.289 e. The lowest BCUT2D eigenvalue weighted by atomic mass is 9.84. The van der Waals surface area contributed by atoms with Crippen LogP contribution in [-0.4, -0.2) is 69.6 Å². The molecule has 14 heteroatoms. The number of nitrogens with one attached hydrogen (secondary N) is 4. The molecule has 4 atom stereocenters. The molecular formula is C41H51ClN6O6S. The Labute approximate surface area is 331 Å². The van der Waals surface area contributed by atoms with Gasteiger partial charge in [-0.2, -0.15) is 0 Å². The summed E-state index contributed by atoms with van der Waals surface area (Å²) in [7, 11) is 0. The summed E-state index contributed by atoms with van der Waals surface area (Å²) in [5, 5.41) is 9.70. The second-order valence-electron chi connectivity index (χ2n) is 16.1. The van der Waals surface area contributed by atoms with Gasteiger partial charge in [-0.1, -0.05) is 89.2 Å². The van der Waals surface area contributed by atoms with Crippen LogP contribution < -0.4 is 21.4 Å². The van der Waals surface area contributed by atoms with E-state index in [0.717, 1.165) is 41.5 Å². The number of hydrogen-bond acceptors (Lipinski definition) is 9. The lowest BCUT2D eigenvalue weighted by Crippen LogP contribution is -2.59. The molecule has 4 amide bonds. The number of likely N-dealkylation sites (tertiary alicyclic amines) is 1. The van der Waals surface area contributed by atoms with Crippen LogP contribution in [0.5, 0.6) is 0 Å². The van der Waals surface area contributed by atoms with Crippen LogP contribution in [0.3, 0.4) is 0 Å². The van der Waals surface area contributed by atoms with E-state index in [0.29, 0.717) is 28.6 Å². The van der Waals surface area contributed by atoms with Crippen molar-refractivity contribution in [2.24, 2.45) is 11.3 Å². The number of nitrogens with zero attached hydrogens (tertiary/aromatic N) is 2. The van der Waals surface area contributed by atoms with E-state index in [4.69, 9.17) is 16.4 Å². The number of carbonyl (C=O) groups excluding carboxylic acids is 5. The molecule has 1 aromatic heterocycles. The molecule has 3 heterocycles. The molecule has 6 rings (SSSR count). The highest BCUT2D eigenvalue weighted by atomic mass is 35.5. The molecule has 12 nitrogen and oxygen atoms in total. The normalized spacial score (nSPS) is 21.1. The van der Waals surface area contributed by atoms with E-state index in [1.165, 1.54) is 22.7 Å². The van der Waals surface area contributed by atoms with Gasteiger partial charge in [-0.25, -0.2) is 4.98 Å². The first-order chi connectivity index (χ1) is 26.2. The Bertz CT molecular complexity index is 1920. The first-order valence-electron chi connectivity index (χ1n) is 19.2. The minimum absolute atomic E-state index is 0.00110. The molecule has 1 saturated heterocycles. The lowest BCUT2D eigenvalue weighted by molar-refractivity contribution is -0.145. The highest BCUT2D eigenvalue weighted by molar-refractivity contribution is 7.18. The fraction of sp³-hybridized carbons (Fsp3) is 0.512. The van der Waals surface area contributed by atoms with Crippen molar-refractivity contribution in [1.29, 1.82) is 0 Å². The van der Waals surface area contributed by atoms with Crippen LogP contribution in [-0.2, 0) is 35.4 Å². The molecule has 0 radical (unpaired) electrons. The largest absolute Gasteiger partial charge is 0.344 e. The Kier molecular flexibility index (Phi) is 12.6. The maximum atomic E-state index is 14.7. The van der Waals surface area contributed by atoms with E-state index in [1.807, 2.05) is 70.2 Å². The molecule has 1 aliphatic carbocycles. The number of hydroxylamine groups is 1. The average molecular weight is 791 g/mol. The summed E-state index contributed by atoms with van der Waals surface area (Å²) in [4.78, 5) is 81.4. The van der Waals surface area contributed by atoms with Crippen molar-refractivity contribution in [2.45, 2.75) is 116 Å². The van der Waals surface area contributed by atoms with Gasteiger partial charge in [0.1, 0.15) is 22.7 Å². The van der Waals surface area contributed by atoms with Crippen LogP contribution in [0, 0.1) is 11.3 Å². The third-order valence-electron chi connectivity index (χ3n) is 10.6. The molecular weight excluding hydrogens is 740 g/mol. The van der Waals surface area contributed by atoms with Crippen molar-refractivity contribution in [2.75, 3.05) is 6.54 Å². The van der Waals surface area contributed by atoms with Gasteiger partial charge in [-0.05, 0) is 60.9 Å². The Morgan fingerprint density at radius 1 is 1.05 bits per heavy atom. The van der Waals surface area contributed by atoms with Crippen molar-refractivity contribution in [3.8, 4) is 0 Å². The summed E-state index contributed by atoms with van der Waals surface area (Å²) in [5.74, 6) is -2.56. The number of benzene rings is 2. The Hall–Kier alpha value is -4.33. The molecule has 2 aromatic carbocycles. The fourth-order valence-electron chi connectivity index (χ4n) is 7.73. The zero-order valence-corrected chi connectivity index (χ0v) is 33.5. The maximum absolute atomic E-state index is 14.7. The van der Waals surface area contributed by atoms with Crippen LogP contribution in [0.1, 0.15) is 96.1 Å².